The summed E-state index contributed by atoms with van der Waals surface area (Å²) in [5, 5.41) is 5.34. The third-order valence-corrected chi connectivity index (χ3v) is 23.8. The first-order valence-electron chi connectivity index (χ1n) is 29.2. The molecule has 3 aliphatic carbocycles. The molecule has 5 heterocycles. The Morgan fingerprint density at radius 2 is 0.936 bits per heavy atom. The van der Waals surface area contributed by atoms with E-state index < -0.39 is 0 Å². The lowest BCUT2D eigenvalue weighted by atomic mass is 9.33. The van der Waals surface area contributed by atoms with Crippen molar-refractivity contribution < 1.29 is 0 Å². The zero-order chi connectivity index (χ0) is 53.2. The Morgan fingerprint density at radius 1 is 0.372 bits per heavy atom. The van der Waals surface area contributed by atoms with Crippen molar-refractivity contribution in [2.75, 3.05) is 14.7 Å². The summed E-state index contributed by atoms with van der Waals surface area (Å²) in [5.41, 5.74) is 22.2. The molecule has 2 aromatic heterocycles. The van der Waals surface area contributed by atoms with Gasteiger partial charge in [-0.3, -0.25) is 0 Å². The van der Waals surface area contributed by atoms with Crippen molar-refractivity contribution >= 4 is 132 Å². The smallest absolute Gasteiger partial charge is 0.252 e. The van der Waals surface area contributed by atoms with Gasteiger partial charge in [0.1, 0.15) is 0 Å². The first-order valence-corrected chi connectivity index (χ1v) is 30.9. The first kappa shape index (κ1) is 47.6. The van der Waals surface area contributed by atoms with E-state index in [1.807, 2.05) is 22.7 Å². The van der Waals surface area contributed by atoms with Crippen molar-refractivity contribution in [1.29, 1.82) is 0 Å². The van der Waals surface area contributed by atoms with E-state index in [1.54, 1.807) is 0 Å². The fraction of sp³-hybridized carbons (Fsp3) is 0.333. The Kier molecular flexibility index (Phi) is 9.61. The van der Waals surface area contributed by atoms with E-state index in [0.717, 1.165) is 6.42 Å². The molecule has 0 bridgehead atoms. The average Bonchev–Trinajstić information content (AvgIpc) is 4.18. The number of rotatable bonds is 3. The molecule has 3 nitrogen and oxygen atoms in total. The van der Waals surface area contributed by atoms with Crippen LogP contribution in [0.2, 0.25) is 0 Å². The van der Waals surface area contributed by atoms with Gasteiger partial charge >= 0.3 is 0 Å². The summed E-state index contributed by atoms with van der Waals surface area (Å²) in [6.45, 7) is 25.2. The van der Waals surface area contributed by atoms with Crippen LogP contribution in [0.4, 0.5) is 45.5 Å². The molecular formula is C72H70BN3S2. The average molecular weight is 1050 g/mol. The second-order valence-electron chi connectivity index (χ2n) is 27.6. The van der Waals surface area contributed by atoms with Crippen molar-refractivity contribution in [2.24, 2.45) is 0 Å². The molecule has 2 atom stereocenters. The van der Waals surface area contributed by atoms with Gasteiger partial charge in [0.05, 0.1) is 11.2 Å². The first-order chi connectivity index (χ1) is 37.4. The standard InChI is InChI=1S/C72H70BN3S2/c1-67(2)32-33-68(3,4)50-36-43(28-29-48(50)67)74-58-41-52-51(69(5,6)34-35-70(52,7)8)40-53(58)73-54-42-64-47(45-20-11-15-25-61(45)78-64)39-57(54)75(56-24-19-27-63-65(56)46-21-12-16-26-62(46)77-63)60-38-44(37-59(74)66(60)73)76-55-23-14-13-22-49(55)71(9)30-17-18-31-72(71,76)10/h11-16,19-29,36-42H,17-18,30-35H2,1-10H3. The molecule has 0 amide bonds. The molecule has 0 radical (unpaired) electrons. The summed E-state index contributed by atoms with van der Waals surface area (Å²) < 4.78 is 5.36. The highest BCUT2D eigenvalue weighted by Gasteiger charge is 2.58. The molecule has 1 saturated carbocycles. The molecule has 16 rings (SSSR count). The summed E-state index contributed by atoms with van der Waals surface area (Å²) in [6.07, 6.45) is 9.51. The summed E-state index contributed by atoms with van der Waals surface area (Å²) in [4.78, 5) is 8.40. The van der Waals surface area contributed by atoms with E-state index in [9.17, 15) is 0 Å². The fourth-order valence-corrected chi connectivity index (χ4v) is 18.9. The molecule has 6 heteroatoms. The van der Waals surface area contributed by atoms with Crippen molar-refractivity contribution in [3.63, 3.8) is 0 Å². The van der Waals surface area contributed by atoms with Gasteiger partial charge in [0.2, 0.25) is 0 Å². The van der Waals surface area contributed by atoms with Crippen LogP contribution < -0.4 is 31.1 Å². The Hall–Kier alpha value is -6.34. The Balaban J connectivity index is 1.09. The molecule has 78 heavy (non-hydrogen) atoms. The molecule has 0 N–H and O–H groups in total. The molecule has 3 aliphatic heterocycles. The van der Waals surface area contributed by atoms with E-state index in [1.165, 1.54) is 175 Å². The van der Waals surface area contributed by atoms with Gasteiger partial charge in [-0.15, -0.1) is 22.7 Å². The molecule has 1 fully saturated rings. The van der Waals surface area contributed by atoms with E-state index in [2.05, 4.69) is 230 Å². The van der Waals surface area contributed by atoms with Crippen molar-refractivity contribution in [3.05, 3.63) is 173 Å². The van der Waals surface area contributed by atoms with Gasteiger partial charge < -0.3 is 14.7 Å². The van der Waals surface area contributed by atoms with Gasteiger partial charge in [0, 0.05) is 85.6 Å². The maximum Gasteiger partial charge on any atom is 0.252 e. The third kappa shape index (κ3) is 6.23. The van der Waals surface area contributed by atoms with Crippen LogP contribution in [0.3, 0.4) is 0 Å². The monoisotopic (exact) mass is 1050 g/mol. The van der Waals surface area contributed by atoms with Crippen LogP contribution in [-0.2, 0) is 27.1 Å². The normalized spacial score (nSPS) is 22.7. The van der Waals surface area contributed by atoms with E-state index >= 15 is 0 Å². The van der Waals surface area contributed by atoms with E-state index in [-0.39, 0.29) is 39.3 Å². The number of hydrogen-bond acceptors (Lipinski definition) is 5. The van der Waals surface area contributed by atoms with Crippen LogP contribution in [0.5, 0.6) is 0 Å². The van der Waals surface area contributed by atoms with Gasteiger partial charge in [-0.1, -0.05) is 148 Å². The highest BCUT2D eigenvalue weighted by atomic mass is 32.1. The lowest BCUT2D eigenvalue weighted by Gasteiger charge is -2.51. The Morgan fingerprint density at radius 3 is 1.69 bits per heavy atom. The summed E-state index contributed by atoms with van der Waals surface area (Å²) in [5.74, 6) is 0. The van der Waals surface area contributed by atoms with Crippen molar-refractivity contribution in [3.8, 4) is 0 Å². The minimum atomic E-state index is -0.133. The maximum absolute atomic E-state index is 2.85. The van der Waals surface area contributed by atoms with Crippen molar-refractivity contribution in [1.82, 2.24) is 0 Å². The lowest BCUT2D eigenvalue weighted by molar-refractivity contribution is 0.195. The number of para-hydroxylation sites is 1. The van der Waals surface area contributed by atoms with Crippen LogP contribution in [0, 0.1) is 0 Å². The predicted molar refractivity (Wildman–Crippen MR) is 340 cm³/mol. The zero-order valence-electron chi connectivity index (χ0n) is 47.2. The molecular weight excluding hydrogens is 982 g/mol. The SMILES string of the molecule is CC1(C)CCC(C)(C)c2cc(N3c4cc5c(cc4B4c6cc7sc8ccccc8c7cc6N(c6cccc7sc8ccccc8c67)c6cc(N7c8ccccc8C8(C)CCCCC78C)cc3c64)C(C)(C)CCC5(C)C)ccc21. The van der Waals surface area contributed by atoms with Crippen LogP contribution in [0.1, 0.15) is 148 Å². The van der Waals surface area contributed by atoms with Crippen LogP contribution in [0.15, 0.2) is 146 Å². The largest absolute Gasteiger partial charge is 0.334 e. The number of anilines is 8. The highest BCUT2D eigenvalue weighted by molar-refractivity contribution is 7.26. The summed E-state index contributed by atoms with van der Waals surface area (Å²) in [6, 6.07) is 58.6. The van der Waals surface area contributed by atoms with Crippen LogP contribution in [0.25, 0.3) is 40.3 Å². The molecule has 388 valence electrons. The lowest BCUT2D eigenvalue weighted by Crippen LogP contribution is -2.62. The van der Waals surface area contributed by atoms with E-state index in [4.69, 9.17) is 0 Å². The fourth-order valence-electron chi connectivity index (χ4n) is 16.7. The molecule has 6 aliphatic rings. The molecule has 0 saturated heterocycles. The second-order valence-corrected chi connectivity index (χ2v) is 29.8. The van der Waals surface area contributed by atoms with Gasteiger partial charge in [-0.05, 0) is 184 Å². The minimum Gasteiger partial charge on any atom is -0.334 e. The van der Waals surface area contributed by atoms with Gasteiger partial charge in [-0.2, -0.15) is 0 Å². The Labute approximate surface area is 470 Å². The minimum absolute atomic E-state index is 0.00276. The molecule has 2 unspecified atom stereocenters. The molecule has 0 spiro atoms. The van der Waals surface area contributed by atoms with Gasteiger partial charge in [0.15, 0.2) is 0 Å². The highest BCUT2D eigenvalue weighted by Crippen LogP contribution is 2.63. The zero-order valence-corrected chi connectivity index (χ0v) is 48.9. The van der Waals surface area contributed by atoms with Crippen molar-refractivity contribution in [2.45, 2.75) is 153 Å². The van der Waals surface area contributed by atoms with Crippen LogP contribution in [-0.4, -0.2) is 12.3 Å². The summed E-state index contributed by atoms with van der Waals surface area (Å²) in [7, 11) is 0. The second kappa shape index (κ2) is 15.7. The number of nitrogens with zero attached hydrogens (tertiary/aromatic N) is 3. The summed E-state index contributed by atoms with van der Waals surface area (Å²) >= 11 is 3.88. The Bertz CT molecular complexity index is 4260. The van der Waals surface area contributed by atoms with Gasteiger partial charge in [-0.25, -0.2) is 0 Å². The number of fused-ring (bicyclic) bond motifs is 15. The number of benzene rings is 8. The third-order valence-electron chi connectivity index (χ3n) is 21.5. The maximum atomic E-state index is 2.85. The number of hydrogen-bond donors (Lipinski definition) is 0. The number of thiophene rings is 2. The van der Waals surface area contributed by atoms with Gasteiger partial charge in [0.25, 0.3) is 6.71 Å². The topological polar surface area (TPSA) is 9.72 Å². The van der Waals surface area contributed by atoms with Crippen LogP contribution >= 0.6 is 22.7 Å². The molecule has 10 aromatic rings. The quantitative estimate of drug-likeness (QED) is 0.163. The van der Waals surface area contributed by atoms with E-state index in [0.29, 0.717) is 0 Å². The predicted octanol–water partition coefficient (Wildman–Crippen LogP) is 18.9. The molecule has 8 aromatic carbocycles.